The van der Waals surface area contributed by atoms with Crippen LogP contribution in [0.25, 0.3) is 0 Å². The molecule has 1 aliphatic rings. The maximum atomic E-state index is 13.2. The topological polar surface area (TPSA) is 32.3 Å². The highest BCUT2D eigenvalue weighted by atomic mass is 35.5. The van der Waals surface area contributed by atoms with E-state index in [1.165, 1.54) is 6.07 Å². The zero-order valence-corrected chi connectivity index (χ0v) is 14.9. The third-order valence-electron chi connectivity index (χ3n) is 4.26. The van der Waals surface area contributed by atoms with Crippen molar-refractivity contribution >= 4 is 18.3 Å². The summed E-state index contributed by atoms with van der Waals surface area (Å²) >= 11 is 0. The third-order valence-corrected chi connectivity index (χ3v) is 4.26. The minimum Gasteiger partial charge on any atom is -0.338 e. The minimum absolute atomic E-state index is 0. The van der Waals surface area contributed by atoms with Gasteiger partial charge in [-0.1, -0.05) is 26.0 Å². The SMILES string of the molecule is CCCN(C(=O)CC(C)Cc1cccc(F)c1)C1CCNC1.Cl. The zero-order chi connectivity index (χ0) is 15.9. The first-order valence-corrected chi connectivity index (χ1v) is 8.34. The Morgan fingerprint density at radius 2 is 2.26 bits per heavy atom. The van der Waals surface area contributed by atoms with Gasteiger partial charge in [-0.2, -0.15) is 0 Å². The van der Waals surface area contributed by atoms with Crippen molar-refractivity contribution in [1.29, 1.82) is 0 Å². The van der Waals surface area contributed by atoms with E-state index in [1.54, 1.807) is 12.1 Å². The molecule has 1 aromatic carbocycles. The van der Waals surface area contributed by atoms with Gasteiger partial charge >= 0.3 is 0 Å². The van der Waals surface area contributed by atoms with E-state index in [9.17, 15) is 9.18 Å². The van der Waals surface area contributed by atoms with Gasteiger partial charge in [0.1, 0.15) is 5.82 Å². The zero-order valence-electron chi connectivity index (χ0n) is 14.1. The van der Waals surface area contributed by atoms with Crippen molar-refractivity contribution in [3.8, 4) is 0 Å². The number of rotatable bonds is 7. The Hall–Kier alpha value is -1.13. The predicted octanol–water partition coefficient (Wildman–Crippen LogP) is 3.42. The van der Waals surface area contributed by atoms with Crippen molar-refractivity contribution < 1.29 is 9.18 Å². The van der Waals surface area contributed by atoms with Crippen LogP contribution in [0.1, 0.15) is 38.7 Å². The molecule has 0 radical (unpaired) electrons. The molecule has 1 saturated heterocycles. The monoisotopic (exact) mass is 342 g/mol. The van der Waals surface area contributed by atoms with Crippen LogP contribution in [-0.4, -0.2) is 36.5 Å². The first-order valence-electron chi connectivity index (χ1n) is 8.34. The highest BCUT2D eigenvalue weighted by Gasteiger charge is 2.26. The van der Waals surface area contributed by atoms with E-state index in [-0.39, 0.29) is 30.0 Å². The second kappa shape index (κ2) is 9.89. The predicted molar refractivity (Wildman–Crippen MR) is 94.4 cm³/mol. The summed E-state index contributed by atoms with van der Waals surface area (Å²) < 4.78 is 13.2. The van der Waals surface area contributed by atoms with E-state index in [2.05, 4.69) is 19.2 Å². The number of nitrogens with one attached hydrogen (secondary N) is 1. The Bertz CT molecular complexity index is 492. The molecule has 1 fully saturated rings. The molecule has 23 heavy (non-hydrogen) atoms. The van der Waals surface area contributed by atoms with E-state index in [4.69, 9.17) is 0 Å². The van der Waals surface area contributed by atoms with Crippen LogP contribution in [0.4, 0.5) is 4.39 Å². The van der Waals surface area contributed by atoms with E-state index in [0.29, 0.717) is 12.5 Å². The number of amides is 1. The molecule has 1 aliphatic heterocycles. The van der Waals surface area contributed by atoms with Crippen LogP contribution >= 0.6 is 12.4 Å². The van der Waals surface area contributed by atoms with Gasteiger partial charge < -0.3 is 10.2 Å². The van der Waals surface area contributed by atoms with Crippen LogP contribution in [0.2, 0.25) is 0 Å². The molecule has 0 bridgehead atoms. The number of benzene rings is 1. The van der Waals surface area contributed by atoms with Crippen molar-refractivity contribution in [2.45, 2.75) is 45.6 Å². The van der Waals surface area contributed by atoms with Crippen molar-refractivity contribution in [2.75, 3.05) is 19.6 Å². The summed E-state index contributed by atoms with van der Waals surface area (Å²) in [5.74, 6) is 0.253. The summed E-state index contributed by atoms with van der Waals surface area (Å²) in [6.07, 6.45) is 3.31. The fourth-order valence-corrected chi connectivity index (χ4v) is 3.21. The molecule has 0 aliphatic carbocycles. The van der Waals surface area contributed by atoms with Crippen molar-refractivity contribution in [1.82, 2.24) is 10.2 Å². The Morgan fingerprint density at radius 3 is 2.87 bits per heavy atom. The molecule has 1 amide bonds. The summed E-state index contributed by atoms with van der Waals surface area (Å²) in [5.41, 5.74) is 0.963. The van der Waals surface area contributed by atoms with Crippen LogP contribution in [0, 0.1) is 11.7 Å². The Morgan fingerprint density at radius 1 is 1.48 bits per heavy atom. The van der Waals surface area contributed by atoms with Gasteiger partial charge in [0.15, 0.2) is 0 Å². The van der Waals surface area contributed by atoms with Crippen molar-refractivity contribution in [2.24, 2.45) is 5.92 Å². The minimum atomic E-state index is -0.208. The standard InChI is InChI=1S/C18H27FN2O.ClH/c1-3-9-21(17-7-8-20-13-17)18(22)11-14(2)10-15-5-4-6-16(19)12-15;/h4-6,12,14,17,20H,3,7-11,13H2,1-2H3;1H. The average molecular weight is 343 g/mol. The van der Waals surface area contributed by atoms with Crippen LogP contribution in [0.3, 0.4) is 0 Å². The Labute approximate surface area is 145 Å². The van der Waals surface area contributed by atoms with E-state index >= 15 is 0 Å². The molecule has 5 heteroatoms. The first-order chi connectivity index (χ1) is 10.6. The highest BCUT2D eigenvalue weighted by Crippen LogP contribution is 2.17. The Kier molecular flexibility index (Phi) is 8.56. The van der Waals surface area contributed by atoms with Gasteiger partial charge in [-0.05, 0) is 49.4 Å². The molecule has 0 aromatic heterocycles. The highest BCUT2D eigenvalue weighted by molar-refractivity contribution is 5.85. The van der Waals surface area contributed by atoms with Crippen LogP contribution in [0.15, 0.2) is 24.3 Å². The van der Waals surface area contributed by atoms with Gasteiger partial charge in [0.25, 0.3) is 0 Å². The van der Waals surface area contributed by atoms with E-state index in [1.807, 2.05) is 11.0 Å². The largest absolute Gasteiger partial charge is 0.338 e. The lowest BCUT2D eigenvalue weighted by Crippen LogP contribution is -2.42. The Balaban J connectivity index is 0.00000264. The molecule has 0 saturated carbocycles. The number of hydrogen-bond acceptors (Lipinski definition) is 2. The number of carbonyl (C=O) groups is 1. The molecule has 2 rings (SSSR count). The van der Waals surface area contributed by atoms with Crippen molar-refractivity contribution in [3.05, 3.63) is 35.6 Å². The number of halogens is 2. The number of nitrogens with zero attached hydrogens (tertiary/aromatic N) is 1. The van der Waals surface area contributed by atoms with Gasteiger partial charge in [-0.15, -0.1) is 12.4 Å². The summed E-state index contributed by atoms with van der Waals surface area (Å²) in [4.78, 5) is 14.7. The van der Waals surface area contributed by atoms with E-state index < -0.39 is 0 Å². The van der Waals surface area contributed by atoms with E-state index in [0.717, 1.165) is 44.5 Å². The van der Waals surface area contributed by atoms with Crippen LogP contribution in [0.5, 0.6) is 0 Å². The van der Waals surface area contributed by atoms with Gasteiger partial charge in [0.05, 0.1) is 0 Å². The molecule has 1 aromatic rings. The molecular formula is C18H28ClFN2O. The normalized spacial score (nSPS) is 18.3. The quantitative estimate of drug-likeness (QED) is 0.823. The molecular weight excluding hydrogens is 315 g/mol. The fourth-order valence-electron chi connectivity index (χ4n) is 3.21. The maximum Gasteiger partial charge on any atom is 0.223 e. The summed E-state index contributed by atoms with van der Waals surface area (Å²) in [6, 6.07) is 7.01. The van der Waals surface area contributed by atoms with Crippen LogP contribution in [-0.2, 0) is 11.2 Å². The van der Waals surface area contributed by atoms with Gasteiger partial charge in [-0.25, -0.2) is 4.39 Å². The molecule has 130 valence electrons. The van der Waals surface area contributed by atoms with Gasteiger partial charge in [0.2, 0.25) is 5.91 Å². The second-order valence-electron chi connectivity index (χ2n) is 6.38. The maximum absolute atomic E-state index is 13.2. The molecule has 1 heterocycles. The van der Waals surface area contributed by atoms with Crippen molar-refractivity contribution in [3.63, 3.8) is 0 Å². The fraction of sp³-hybridized carbons (Fsp3) is 0.611. The lowest BCUT2D eigenvalue weighted by Gasteiger charge is -2.29. The molecule has 0 spiro atoms. The third kappa shape index (κ3) is 6.11. The second-order valence-corrected chi connectivity index (χ2v) is 6.38. The molecule has 2 unspecified atom stereocenters. The van der Waals surface area contributed by atoms with Gasteiger partial charge in [0, 0.05) is 25.6 Å². The summed E-state index contributed by atoms with van der Waals surface area (Å²) in [5, 5.41) is 3.33. The number of carbonyl (C=O) groups excluding carboxylic acids is 1. The molecule has 1 N–H and O–H groups in total. The summed E-state index contributed by atoms with van der Waals surface area (Å²) in [6.45, 7) is 6.91. The number of hydrogen-bond donors (Lipinski definition) is 1. The lowest BCUT2D eigenvalue weighted by atomic mass is 9.97. The smallest absolute Gasteiger partial charge is 0.223 e. The molecule has 2 atom stereocenters. The molecule has 3 nitrogen and oxygen atoms in total. The van der Waals surface area contributed by atoms with Gasteiger partial charge in [-0.3, -0.25) is 4.79 Å². The lowest BCUT2D eigenvalue weighted by molar-refractivity contribution is -0.134. The average Bonchev–Trinajstić information content (AvgIpc) is 2.98. The summed E-state index contributed by atoms with van der Waals surface area (Å²) in [7, 11) is 0. The first kappa shape index (κ1) is 19.9. The van der Waals surface area contributed by atoms with Crippen LogP contribution < -0.4 is 5.32 Å².